The van der Waals surface area contributed by atoms with E-state index in [0.717, 1.165) is 45.1 Å². The lowest BCUT2D eigenvalue weighted by Gasteiger charge is -2.43. The summed E-state index contributed by atoms with van der Waals surface area (Å²) < 4.78 is 6.08. The molecule has 0 aromatic carbocycles. The van der Waals surface area contributed by atoms with Crippen molar-refractivity contribution in [1.29, 1.82) is 0 Å². The van der Waals surface area contributed by atoms with Crippen molar-refractivity contribution >= 4 is 6.03 Å². The monoisotopic (exact) mass is 310 g/mol. The minimum Gasteiger partial charge on any atom is -0.394 e. The summed E-state index contributed by atoms with van der Waals surface area (Å²) in [7, 11) is 0. The first kappa shape index (κ1) is 16.1. The Labute approximate surface area is 133 Å². The molecule has 1 heterocycles. The number of hydrogen-bond acceptors (Lipinski definition) is 3. The van der Waals surface area contributed by atoms with Crippen LogP contribution < -0.4 is 10.6 Å². The molecule has 2 aliphatic carbocycles. The van der Waals surface area contributed by atoms with E-state index in [1.165, 1.54) is 19.3 Å². The van der Waals surface area contributed by atoms with Gasteiger partial charge in [0, 0.05) is 12.6 Å². The van der Waals surface area contributed by atoms with Gasteiger partial charge in [0.15, 0.2) is 0 Å². The molecule has 1 saturated heterocycles. The number of hydrogen-bond donors (Lipinski definition) is 3. The molecule has 0 radical (unpaired) electrons. The van der Waals surface area contributed by atoms with E-state index in [4.69, 9.17) is 4.74 Å². The van der Waals surface area contributed by atoms with Crippen LogP contribution in [0, 0.1) is 5.92 Å². The van der Waals surface area contributed by atoms with Gasteiger partial charge in [-0.1, -0.05) is 19.3 Å². The van der Waals surface area contributed by atoms with E-state index >= 15 is 0 Å². The van der Waals surface area contributed by atoms with Crippen LogP contribution >= 0.6 is 0 Å². The van der Waals surface area contributed by atoms with Crippen LogP contribution in [0.5, 0.6) is 0 Å². The maximum atomic E-state index is 12.3. The Bertz CT molecular complexity index is 399. The Morgan fingerprint density at radius 2 is 2.00 bits per heavy atom. The molecule has 3 aliphatic rings. The Kier molecular flexibility index (Phi) is 4.64. The number of aliphatic hydroxyl groups excluding tert-OH is 1. The number of carbonyl (C=O) groups excluding carboxylic acids is 1. The van der Waals surface area contributed by atoms with Gasteiger partial charge in [-0.3, -0.25) is 0 Å². The van der Waals surface area contributed by atoms with Crippen LogP contribution in [0.3, 0.4) is 0 Å². The van der Waals surface area contributed by atoms with Crippen LogP contribution in [0.4, 0.5) is 4.79 Å². The number of urea groups is 1. The maximum absolute atomic E-state index is 12.3. The van der Waals surface area contributed by atoms with E-state index in [-0.39, 0.29) is 24.3 Å². The molecule has 0 bridgehead atoms. The molecule has 1 spiro atoms. The second kappa shape index (κ2) is 6.36. The first-order valence-electron chi connectivity index (χ1n) is 8.89. The van der Waals surface area contributed by atoms with Crippen LogP contribution in [0.1, 0.15) is 64.7 Å². The zero-order valence-corrected chi connectivity index (χ0v) is 13.7. The summed E-state index contributed by atoms with van der Waals surface area (Å²) in [6, 6.07) is 0.0512. The van der Waals surface area contributed by atoms with Gasteiger partial charge >= 0.3 is 6.03 Å². The van der Waals surface area contributed by atoms with Crippen molar-refractivity contribution in [3.05, 3.63) is 0 Å². The highest BCUT2D eigenvalue weighted by Crippen LogP contribution is 2.40. The number of rotatable bonds is 4. The van der Waals surface area contributed by atoms with Crippen molar-refractivity contribution < 1.29 is 14.6 Å². The van der Waals surface area contributed by atoms with Crippen LogP contribution in [0.25, 0.3) is 0 Å². The molecule has 1 aliphatic heterocycles. The van der Waals surface area contributed by atoms with E-state index in [9.17, 15) is 9.90 Å². The average molecular weight is 310 g/mol. The highest BCUT2D eigenvalue weighted by molar-refractivity contribution is 5.75. The summed E-state index contributed by atoms with van der Waals surface area (Å²) >= 11 is 0. The topological polar surface area (TPSA) is 70.6 Å². The zero-order valence-electron chi connectivity index (χ0n) is 13.7. The third kappa shape index (κ3) is 3.57. The second-order valence-corrected chi connectivity index (χ2v) is 7.73. The molecule has 0 aromatic heterocycles. The normalized spacial score (nSPS) is 30.5. The Balaban J connectivity index is 1.52. The number of carbonyl (C=O) groups is 1. The van der Waals surface area contributed by atoms with Gasteiger partial charge < -0.3 is 20.5 Å². The number of ether oxygens (including phenoxy) is 1. The van der Waals surface area contributed by atoms with Crippen molar-refractivity contribution in [2.45, 2.75) is 81.9 Å². The molecule has 2 amide bonds. The van der Waals surface area contributed by atoms with Gasteiger partial charge in [0.05, 0.1) is 17.7 Å². The van der Waals surface area contributed by atoms with Gasteiger partial charge in [0.1, 0.15) is 0 Å². The van der Waals surface area contributed by atoms with Gasteiger partial charge in [-0.15, -0.1) is 0 Å². The Morgan fingerprint density at radius 3 is 2.64 bits per heavy atom. The molecular weight excluding hydrogens is 280 g/mol. The standard InChI is InChI=1S/C17H30N2O3/c1-16(12-20,13-5-6-13)19-15(21)18-14-7-10-22-17(11-14)8-3-2-4-9-17/h13-14,20H,2-12H2,1H3,(H2,18,19,21). The molecule has 5 heteroatoms. The molecule has 126 valence electrons. The minimum atomic E-state index is -0.474. The average Bonchev–Trinajstić information content (AvgIpc) is 3.33. The van der Waals surface area contributed by atoms with Gasteiger partial charge in [-0.05, 0) is 51.4 Å². The largest absolute Gasteiger partial charge is 0.394 e. The SMILES string of the molecule is CC(CO)(NC(=O)NC1CCOC2(CCCCC2)C1)C1CC1. The quantitative estimate of drug-likeness (QED) is 0.746. The molecule has 3 N–H and O–H groups in total. The van der Waals surface area contributed by atoms with E-state index in [0.29, 0.717) is 5.92 Å². The molecule has 2 saturated carbocycles. The molecule has 3 rings (SSSR count). The minimum absolute atomic E-state index is 0.00278. The van der Waals surface area contributed by atoms with Crippen molar-refractivity contribution in [2.75, 3.05) is 13.2 Å². The van der Waals surface area contributed by atoms with Crippen molar-refractivity contribution in [2.24, 2.45) is 5.92 Å². The first-order valence-corrected chi connectivity index (χ1v) is 8.89. The molecule has 3 fully saturated rings. The van der Waals surface area contributed by atoms with Gasteiger partial charge in [0.25, 0.3) is 0 Å². The van der Waals surface area contributed by atoms with E-state index in [1.807, 2.05) is 6.92 Å². The van der Waals surface area contributed by atoms with Crippen molar-refractivity contribution in [1.82, 2.24) is 10.6 Å². The summed E-state index contributed by atoms with van der Waals surface area (Å²) in [5.74, 6) is 0.419. The van der Waals surface area contributed by atoms with E-state index < -0.39 is 5.54 Å². The van der Waals surface area contributed by atoms with Gasteiger partial charge in [-0.25, -0.2) is 4.79 Å². The summed E-state index contributed by atoms with van der Waals surface area (Å²) in [5, 5.41) is 15.7. The predicted molar refractivity (Wildman–Crippen MR) is 84.7 cm³/mol. The molecule has 5 nitrogen and oxygen atoms in total. The molecule has 22 heavy (non-hydrogen) atoms. The number of aliphatic hydroxyl groups is 1. The third-order valence-electron chi connectivity index (χ3n) is 5.80. The van der Waals surface area contributed by atoms with Crippen LogP contribution in [0.2, 0.25) is 0 Å². The van der Waals surface area contributed by atoms with Gasteiger partial charge in [-0.2, -0.15) is 0 Å². The summed E-state index contributed by atoms with van der Waals surface area (Å²) in [5.41, 5.74) is -0.469. The lowest BCUT2D eigenvalue weighted by atomic mass is 9.78. The molecule has 2 atom stereocenters. The maximum Gasteiger partial charge on any atom is 0.315 e. The van der Waals surface area contributed by atoms with Gasteiger partial charge in [0.2, 0.25) is 0 Å². The summed E-state index contributed by atoms with van der Waals surface area (Å²) in [4.78, 5) is 12.3. The molecular formula is C17H30N2O3. The number of amides is 2. The van der Waals surface area contributed by atoms with Crippen molar-refractivity contribution in [3.8, 4) is 0 Å². The highest BCUT2D eigenvalue weighted by atomic mass is 16.5. The summed E-state index contributed by atoms with van der Waals surface area (Å²) in [6.07, 6.45) is 10.0. The fraction of sp³-hybridized carbons (Fsp3) is 0.941. The van der Waals surface area contributed by atoms with Crippen LogP contribution in [0.15, 0.2) is 0 Å². The lowest BCUT2D eigenvalue weighted by molar-refractivity contribution is -0.107. The summed E-state index contributed by atoms with van der Waals surface area (Å²) in [6.45, 7) is 2.69. The smallest absolute Gasteiger partial charge is 0.315 e. The first-order chi connectivity index (χ1) is 10.6. The van der Waals surface area contributed by atoms with Crippen molar-refractivity contribution in [3.63, 3.8) is 0 Å². The Hall–Kier alpha value is -0.810. The fourth-order valence-electron chi connectivity index (χ4n) is 4.17. The molecule has 2 unspecified atom stereocenters. The second-order valence-electron chi connectivity index (χ2n) is 7.73. The van der Waals surface area contributed by atoms with Crippen LogP contribution in [-0.2, 0) is 4.74 Å². The van der Waals surface area contributed by atoms with Crippen LogP contribution in [-0.4, -0.2) is 41.5 Å². The van der Waals surface area contributed by atoms with E-state index in [2.05, 4.69) is 10.6 Å². The molecule has 0 aromatic rings. The number of nitrogens with one attached hydrogen (secondary N) is 2. The lowest BCUT2D eigenvalue weighted by Crippen LogP contribution is -2.57. The van der Waals surface area contributed by atoms with E-state index in [1.54, 1.807) is 0 Å². The predicted octanol–water partition coefficient (Wildman–Crippen LogP) is 2.33. The highest BCUT2D eigenvalue weighted by Gasteiger charge is 2.43. The third-order valence-corrected chi connectivity index (χ3v) is 5.80. The Morgan fingerprint density at radius 1 is 1.27 bits per heavy atom. The fourth-order valence-corrected chi connectivity index (χ4v) is 4.17. The zero-order chi connectivity index (χ0) is 15.6.